The van der Waals surface area contributed by atoms with E-state index >= 15 is 0 Å². The number of halogens is 3. The second-order valence-electron chi connectivity index (χ2n) is 6.41. The molecule has 140 valence electrons. The molecule has 1 saturated carbocycles. The lowest BCUT2D eigenvalue weighted by atomic mass is 9.91. The van der Waals surface area contributed by atoms with Gasteiger partial charge in [0.2, 0.25) is 0 Å². The van der Waals surface area contributed by atoms with Gasteiger partial charge in [0, 0.05) is 18.0 Å². The Hall–Kier alpha value is -2.45. The highest BCUT2D eigenvalue weighted by atomic mass is 32.1. The van der Waals surface area contributed by atoms with Crippen LogP contribution < -0.4 is 4.74 Å². The Labute approximate surface area is 157 Å². The average Bonchev–Trinajstić information content (AvgIpc) is 3.35. The maximum absolute atomic E-state index is 12.2. The zero-order chi connectivity index (χ0) is 19.1. The van der Waals surface area contributed by atoms with Crippen LogP contribution in [0.25, 0.3) is 11.1 Å². The molecule has 1 aliphatic carbocycles. The molecule has 0 amide bonds. The van der Waals surface area contributed by atoms with Gasteiger partial charge in [0.25, 0.3) is 0 Å². The van der Waals surface area contributed by atoms with Crippen molar-refractivity contribution in [2.75, 3.05) is 0 Å². The van der Waals surface area contributed by atoms with E-state index in [1.807, 2.05) is 0 Å². The Morgan fingerprint density at radius 3 is 2.22 bits per heavy atom. The van der Waals surface area contributed by atoms with Gasteiger partial charge in [-0.3, -0.25) is 9.97 Å². The van der Waals surface area contributed by atoms with Gasteiger partial charge in [0.05, 0.1) is 16.1 Å². The number of aromatic nitrogens is 2. The van der Waals surface area contributed by atoms with E-state index in [-0.39, 0.29) is 11.7 Å². The predicted molar refractivity (Wildman–Crippen MR) is 94.2 cm³/mol. The maximum atomic E-state index is 12.2. The number of ether oxygens (including phenoxy) is 1. The molecule has 0 aliphatic heterocycles. The molecule has 2 heterocycles. The molecule has 1 fully saturated rings. The first kappa shape index (κ1) is 17.9. The summed E-state index contributed by atoms with van der Waals surface area (Å²) in [6, 6.07) is 9.15. The van der Waals surface area contributed by atoms with Gasteiger partial charge < -0.3 is 9.84 Å². The summed E-state index contributed by atoms with van der Waals surface area (Å²) in [5.41, 5.74) is 2.53. The van der Waals surface area contributed by atoms with Crippen molar-refractivity contribution in [1.29, 1.82) is 0 Å². The molecule has 1 aromatic carbocycles. The molecule has 0 radical (unpaired) electrons. The van der Waals surface area contributed by atoms with E-state index in [1.54, 1.807) is 30.0 Å². The number of thiazole rings is 1. The molecule has 0 spiro atoms. The Morgan fingerprint density at radius 1 is 1.00 bits per heavy atom. The fourth-order valence-electron chi connectivity index (χ4n) is 3.08. The van der Waals surface area contributed by atoms with Crippen molar-refractivity contribution < 1.29 is 23.0 Å². The van der Waals surface area contributed by atoms with E-state index < -0.39 is 12.0 Å². The molecule has 1 atom stereocenters. The summed E-state index contributed by atoms with van der Waals surface area (Å²) >= 11 is 1.39. The van der Waals surface area contributed by atoms with Gasteiger partial charge in [-0.15, -0.1) is 24.5 Å². The van der Waals surface area contributed by atoms with E-state index in [1.165, 1.54) is 35.6 Å². The minimum absolute atomic E-state index is 0.120. The van der Waals surface area contributed by atoms with Crippen LogP contribution in [0.3, 0.4) is 0 Å². The molecule has 8 heteroatoms. The van der Waals surface area contributed by atoms with Gasteiger partial charge >= 0.3 is 6.36 Å². The Kier molecular flexibility index (Phi) is 4.39. The predicted octanol–water partition coefficient (Wildman–Crippen LogP) is 4.75. The zero-order valence-electron chi connectivity index (χ0n) is 14.0. The van der Waals surface area contributed by atoms with Crippen molar-refractivity contribution in [1.82, 2.24) is 9.97 Å². The van der Waals surface area contributed by atoms with Crippen molar-refractivity contribution in [2.24, 2.45) is 5.92 Å². The first-order chi connectivity index (χ1) is 12.9. The smallest absolute Gasteiger partial charge is 0.406 e. The molecule has 2 aromatic heterocycles. The third-order valence-electron chi connectivity index (χ3n) is 4.55. The van der Waals surface area contributed by atoms with Crippen LogP contribution >= 0.6 is 11.3 Å². The van der Waals surface area contributed by atoms with Crippen molar-refractivity contribution in [3.8, 4) is 16.9 Å². The Balaban J connectivity index is 1.59. The fraction of sp³-hybridized carbons (Fsp3) is 0.263. The number of hydrogen-bond donors (Lipinski definition) is 1. The number of hydrogen-bond acceptors (Lipinski definition) is 5. The topological polar surface area (TPSA) is 55.2 Å². The number of pyridine rings is 1. The summed E-state index contributed by atoms with van der Waals surface area (Å²) in [6.45, 7) is 0. The Bertz CT molecular complexity index is 908. The summed E-state index contributed by atoms with van der Waals surface area (Å²) in [5.74, 6) is -0.153. The van der Waals surface area contributed by atoms with Gasteiger partial charge in [-0.25, -0.2) is 0 Å². The van der Waals surface area contributed by atoms with Crippen LogP contribution in [-0.2, 0) is 5.60 Å². The van der Waals surface area contributed by atoms with E-state index in [0.717, 1.165) is 23.3 Å². The van der Waals surface area contributed by atoms with Crippen LogP contribution in [0.4, 0.5) is 13.2 Å². The van der Waals surface area contributed by atoms with E-state index in [2.05, 4.69) is 14.7 Å². The maximum Gasteiger partial charge on any atom is 0.573 e. The first-order valence-corrected chi connectivity index (χ1v) is 9.18. The quantitative estimate of drug-likeness (QED) is 0.681. The molecule has 27 heavy (non-hydrogen) atoms. The molecule has 4 nitrogen and oxygen atoms in total. The fourth-order valence-corrected chi connectivity index (χ4v) is 3.89. The number of nitrogens with zero attached hydrogens (tertiary/aromatic N) is 2. The lowest BCUT2D eigenvalue weighted by molar-refractivity contribution is -0.274. The van der Waals surface area contributed by atoms with Crippen molar-refractivity contribution in [3.05, 3.63) is 64.9 Å². The molecule has 0 bridgehead atoms. The molecule has 1 unspecified atom stereocenters. The molecule has 4 rings (SSSR count). The van der Waals surface area contributed by atoms with Crippen LogP contribution in [0.2, 0.25) is 0 Å². The molecule has 0 saturated heterocycles. The summed E-state index contributed by atoms with van der Waals surface area (Å²) in [7, 11) is 0. The van der Waals surface area contributed by atoms with Gasteiger partial charge in [0.1, 0.15) is 11.4 Å². The summed E-state index contributed by atoms with van der Waals surface area (Å²) < 4.78 is 40.6. The molecule has 1 aliphatic rings. The highest BCUT2D eigenvalue weighted by molar-refractivity contribution is 7.09. The summed E-state index contributed by atoms with van der Waals surface area (Å²) in [5, 5.41) is 11.3. The number of alkyl halides is 3. The third kappa shape index (κ3) is 3.68. The van der Waals surface area contributed by atoms with E-state index in [9.17, 15) is 18.3 Å². The van der Waals surface area contributed by atoms with E-state index in [4.69, 9.17) is 0 Å². The Morgan fingerprint density at radius 2 is 1.70 bits per heavy atom. The zero-order valence-corrected chi connectivity index (χ0v) is 14.8. The minimum Gasteiger partial charge on any atom is -0.406 e. The largest absolute Gasteiger partial charge is 0.573 e. The minimum atomic E-state index is -4.71. The first-order valence-electron chi connectivity index (χ1n) is 8.30. The van der Waals surface area contributed by atoms with Crippen LogP contribution in [0.1, 0.15) is 23.4 Å². The number of rotatable bonds is 5. The van der Waals surface area contributed by atoms with Crippen molar-refractivity contribution >= 4 is 11.3 Å². The average molecular weight is 392 g/mol. The van der Waals surface area contributed by atoms with Gasteiger partial charge in [-0.1, -0.05) is 18.2 Å². The normalized spacial score (nSPS) is 16.7. The molecular weight excluding hydrogens is 377 g/mol. The SMILES string of the molecule is OC(c1ccc(-c2ccc(OC(F)(F)F)cc2)cn1)(c1cncs1)C1CC1. The second kappa shape index (κ2) is 6.61. The van der Waals surface area contributed by atoms with E-state index in [0.29, 0.717) is 11.3 Å². The van der Waals surface area contributed by atoms with Crippen LogP contribution in [-0.4, -0.2) is 21.4 Å². The third-order valence-corrected chi connectivity index (χ3v) is 5.45. The van der Waals surface area contributed by atoms with Gasteiger partial charge in [-0.05, 0) is 42.5 Å². The standard InChI is InChI=1S/C19H15F3N2O2S/c20-19(21,22)26-15-6-1-12(2-7-15)13-3-8-16(24-9-13)18(25,14-4-5-14)17-10-23-11-27-17/h1-3,6-11,14,25H,4-5H2. The highest BCUT2D eigenvalue weighted by Gasteiger charge is 2.48. The molecular formula is C19H15F3N2O2S. The lowest BCUT2D eigenvalue weighted by Gasteiger charge is -2.26. The van der Waals surface area contributed by atoms with Crippen molar-refractivity contribution in [2.45, 2.75) is 24.8 Å². The molecule has 1 N–H and O–H groups in total. The summed E-state index contributed by atoms with van der Waals surface area (Å²) in [4.78, 5) is 9.27. The van der Waals surface area contributed by atoms with Crippen molar-refractivity contribution in [3.63, 3.8) is 0 Å². The van der Waals surface area contributed by atoms with Crippen LogP contribution in [0.15, 0.2) is 54.3 Å². The lowest BCUT2D eigenvalue weighted by Crippen LogP contribution is -2.30. The van der Waals surface area contributed by atoms with Gasteiger partial charge in [-0.2, -0.15) is 0 Å². The van der Waals surface area contributed by atoms with Crippen LogP contribution in [0, 0.1) is 5.92 Å². The molecule has 3 aromatic rings. The summed E-state index contributed by atoms with van der Waals surface area (Å²) in [6.07, 6.45) is 0.424. The number of aliphatic hydroxyl groups is 1. The monoisotopic (exact) mass is 392 g/mol. The second-order valence-corrected chi connectivity index (χ2v) is 7.30. The highest BCUT2D eigenvalue weighted by Crippen LogP contribution is 2.50. The van der Waals surface area contributed by atoms with Crippen LogP contribution in [0.5, 0.6) is 5.75 Å². The van der Waals surface area contributed by atoms with Gasteiger partial charge in [0.15, 0.2) is 0 Å². The number of benzene rings is 1.